The molecule has 0 radical (unpaired) electrons. The molecule has 2 aromatic rings. The molecule has 0 aliphatic carbocycles. The molecular formula is C14H12Cl2O2. The molecule has 2 rings (SSSR count). The lowest BCUT2D eigenvalue weighted by Crippen LogP contribution is -2.03. The molecule has 0 aliphatic heterocycles. The molecule has 0 heterocycles. The largest absolute Gasteiger partial charge is 0.496 e. The Morgan fingerprint density at radius 1 is 1.06 bits per heavy atom. The highest BCUT2D eigenvalue weighted by molar-refractivity contribution is 6.31. The maximum absolute atomic E-state index is 10.4. The van der Waals surface area contributed by atoms with Gasteiger partial charge in [-0.3, -0.25) is 0 Å². The summed E-state index contributed by atoms with van der Waals surface area (Å²) in [6, 6.07) is 12.2. The monoisotopic (exact) mass is 282 g/mol. The van der Waals surface area contributed by atoms with Crippen molar-refractivity contribution in [1.82, 2.24) is 0 Å². The molecule has 2 nitrogen and oxygen atoms in total. The number of hydrogen-bond donors (Lipinski definition) is 1. The Morgan fingerprint density at radius 2 is 1.78 bits per heavy atom. The van der Waals surface area contributed by atoms with Crippen LogP contribution in [0.25, 0.3) is 0 Å². The van der Waals surface area contributed by atoms with Crippen molar-refractivity contribution in [3.63, 3.8) is 0 Å². The number of aliphatic hydroxyl groups excluding tert-OH is 1. The van der Waals surface area contributed by atoms with E-state index < -0.39 is 6.10 Å². The molecule has 0 bridgehead atoms. The van der Waals surface area contributed by atoms with Gasteiger partial charge in [0.2, 0.25) is 0 Å². The summed E-state index contributed by atoms with van der Waals surface area (Å²) in [6.07, 6.45) is -0.868. The molecule has 1 N–H and O–H groups in total. The van der Waals surface area contributed by atoms with Gasteiger partial charge in [0, 0.05) is 21.2 Å². The van der Waals surface area contributed by atoms with Gasteiger partial charge in [-0.2, -0.15) is 0 Å². The predicted molar refractivity (Wildman–Crippen MR) is 73.5 cm³/mol. The van der Waals surface area contributed by atoms with Crippen LogP contribution in [0.15, 0.2) is 42.5 Å². The van der Waals surface area contributed by atoms with Gasteiger partial charge in [-0.25, -0.2) is 0 Å². The van der Waals surface area contributed by atoms with E-state index in [9.17, 15) is 5.11 Å². The van der Waals surface area contributed by atoms with E-state index in [1.165, 1.54) is 0 Å². The van der Waals surface area contributed by atoms with Crippen molar-refractivity contribution in [2.24, 2.45) is 0 Å². The van der Waals surface area contributed by atoms with E-state index in [-0.39, 0.29) is 0 Å². The molecule has 1 atom stereocenters. The lowest BCUT2D eigenvalue weighted by molar-refractivity contribution is 0.215. The van der Waals surface area contributed by atoms with E-state index in [0.717, 1.165) is 0 Å². The van der Waals surface area contributed by atoms with Crippen molar-refractivity contribution in [3.05, 3.63) is 63.6 Å². The van der Waals surface area contributed by atoms with Gasteiger partial charge >= 0.3 is 0 Å². The molecule has 0 spiro atoms. The van der Waals surface area contributed by atoms with E-state index in [1.54, 1.807) is 37.4 Å². The molecule has 18 heavy (non-hydrogen) atoms. The van der Waals surface area contributed by atoms with E-state index >= 15 is 0 Å². The highest BCUT2D eigenvalue weighted by Crippen LogP contribution is 2.34. The summed E-state index contributed by atoms with van der Waals surface area (Å²) in [4.78, 5) is 0. The van der Waals surface area contributed by atoms with Crippen molar-refractivity contribution in [3.8, 4) is 5.75 Å². The maximum Gasteiger partial charge on any atom is 0.125 e. The first kappa shape index (κ1) is 13.2. The van der Waals surface area contributed by atoms with E-state index in [2.05, 4.69) is 0 Å². The summed E-state index contributed by atoms with van der Waals surface area (Å²) in [5.74, 6) is 0.576. The molecule has 0 saturated carbocycles. The van der Waals surface area contributed by atoms with Crippen LogP contribution >= 0.6 is 23.2 Å². The molecule has 4 heteroatoms. The molecule has 0 amide bonds. The van der Waals surface area contributed by atoms with Crippen molar-refractivity contribution in [1.29, 1.82) is 0 Å². The van der Waals surface area contributed by atoms with Gasteiger partial charge in [-0.1, -0.05) is 41.4 Å². The van der Waals surface area contributed by atoms with Gasteiger partial charge < -0.3 is 9.84 Å². The molecule has 94 valence electrons. The Morgan fingerprint density at radius 3 is 2.44 bits per heavy atom. The number of aliphatic hydroxyl groups is 1. The fraction of sp³-hybridized carbons (Fsp3) is 0.143. The summed E-state index contributed by atoms with van der Waals surface area (Å²) in [5.41, 5.74) is 1.22. The second kappa shape index (κ2) is 5.61. The Hall–Kier alpha value is -1.22. The van der Waals surface area contributed by atoms with Crippen LogP contribution in [0.1, 0.15) is 17.2 Å². The maximum atomic E-state index is 10.4. The average molecular weight is 283 g/mol. The first-order valence-electron chi connectivity index (χ1n) is 5.39. The molecule has 0 aliphatic rings. The second-order valence-electron chi connectivity index (χ2n) is 3.81. The first-order valence-corrected chi connectivity index (χ1v) is 6.15. The minimum atomic E-state index is -0.868. The first-order chi connectivity index (χ1) is 8.63. The molecular weight excluding hydrogens is 271 g/mol. The Bertz CT molecular complexity index is 555. The SMILES string of the molecule is COc1ccc(Cl)cc1C(O)c1ccccc1Cl. The summed E-state index contributed by atoms with van der Waals surface area (Å²) >= 11 is 12.0. The van der Waals surface area contributed by atoms with Crippen LogP contribution < -0.4 is 4.74 Å². The summed E-state index contributed by atoms with van der Waals surface area (Å²) in [5, 5.41) is 11.4. The zero-order valence-electron chi connectivity index (χ0n) is 9.73. The van der Waals surface area contributed by atoms with E-state index in [0.29, 0.717) is 26.9 Å². The van der Waals surface area contributed by atoms with E-state index in [1.807, 2.05) is 12.1 Å². The van der Waals surface area contributed by atoms with Gasteiger partial charge in [0.05, 0.1) is 7.11 Å². The number of hydrogen-bond acceptors (Lipinski definition) is 2. The van der Waals surface area contributed by atoms with Crippen molar-refractivity contribution < 1.29 is 9.84 Å². The van der Waals surface area contributed by atoms with Crippen molar-refractivity contribution >= 4 is 23.2 Å². The minimum absolute atomic E-state index is 0.507. The van der Waals surface area contributed by atoms with Gasteiger partial charge in [0.15, 0.2) is 0 Å². The highest BCUT2D eigenvalue weighted by atomic mass is 35.5. The van der Waals surface area contributed by atoms with Gasteiger partial charge in [0.1, 0.15) is 11.9 Å². The number of ether oxygens (including phenoxy) is 1. The Labute approximate surface area is 116 Å². The lowest BCUT2D eigenvalue weighted by atomic mass is 10.0. The lowest BCUT2D eigenvalue weighted by Gasteiger charge is -2.16. The van der Waals surface area contributed by atoms with Gasteiger partial charge in [-0.05, 0) is 24.3 Å². The van der Waals surface area contributed by atoms with Crippen LogP contribution in [-0.2, 0) is 0 Å². The van der Waals surface area contributed by atoms with Gasteiger partial charge in [-0.15, -0.1) is 0 Å². The topological polar surface area (TPSA) is 29.5 Å². The van der Waals surface area contributed by atoms with Crippen molar-refractivity contribution in [2.45, 2.75) is 6.10 Å². The van der Waals surface area contributed by atoms with Crippen molar-refractivity contribution in [2.75, 3.05) is 7.11 Å². The van der Waals surface area contributed by atoms with Crippen LogP contribution in [0, 0.1) is 0 Å². The zero-order valence-corrected chi connectivity index (χ0v) is 11.2. The van der Waals surface area contributed by atoms with Crippen LogP contribution in [0.5, 0.6) is 5.75 Å². The molecule has 1 unspecified atom stereocenters. The normalized spacial score (nSPS) is 12.2. The number of rotatable bonds is 3. The smallest absolute Gasteiger partial charge is 0.125 e. The standard InChI is InChI=1S/C14H12Cl2O2/c1-18-13-7-6-9(15)8-11(13)14(17)10-4-2-3-5-12(10)16/h2-8,14,17H,1H3. The van der Waals surface area contributed by atoms with Crippen LogP contribution in [0.3, 0.4) is 0 Å². The van der Waals surface area contributed by atoms with Crippen LogP contribution in [0.4, 0.5) is 0 Å². The fourth-order valence-corrected chi connectivity index (χ4v) is 2.20. The summed E-state index contributed by atoms with van der Waals surface area (Å²) in [6.45, 7) is 0. The molecule has 0 saturated heterocycles. The number of halogens is 2. The van der Waals surface area contributed by atoms with Gasteiger partial charge in [0.25, 0.3) is 0 Å². The third kappa shape index (κ3) is 2.61. The second-order valence-corrected chi connectivity index (χ2v) is 4.65. The molecule has 0 fully saturated rings. The number of methoxy groups -OCH3 is 1. The van der Waals surface area contributed by atoms with Crippen LogP contribution in [-0.4, -0.2) is 12.2 Å². The summed E-state index contributed by atoms with van der Waals surface area (Å²) in [7, 11) is 1.55. The Balaban J connectivity index is 2.48. The highest BCUT2D eigenvalue weighted by Gasteiger charge is 2.18. The third-order valence-electron chi connectivity index (χ3n) is 2.69. The summed E-state index contributed by atoms with van der Waals surface area (Å²) < 4.78 is 5.22. The zero-order chi connectivity index (χ0) is 13.1. The molecule has 0 aromatic heterocycles. The fourth-order valence-electron chi connectivity index (χ4n) is 1.78. The third-order valence-corrected chi connectivity index (χ3v) is 3.27. The predicted octanol–water partition coefficient (Wildman–Crippen LogP) is 4.08. The van der Waals surface area contributed by atoms with Crippen LogP contribution in [0.2, 0.25) is 10.0 Å². The number of benzene rings is 2. The Kier molecular flexibility index (Phi) is 4.12. The molecule has 2 aromatic carbocycles. The quantitative estimate of drug-likeness (QED) is 0.919. The average Bonchev–Trinajstić information content (AvgIpc) is 2.38. The van der Waals surface area contributed by atoms with E-state index in [4.69, 9.17) is 27.9 Å². The minimum Gasteiger partial charge on any atom is -0.496 e.